The number of nitrogens with one attached hydrogen (secondary N) is 2. The molecule has 7 heteroatoms. The summed E-state index contributed by atoms with van der Waals surface area (Å²) in [5.74, 6) is 0.235. The highest BCUT2D eigenvalue weighted by molar-refractivity contribution is 7.92. The summed E-state index contributed by atoms with van der Waals surface area (Å²) < 4.78 is 27.2. The number of sulfonamides is 1. The molecule has 0 aliphatic rings. The van der Waals surface area contributed by atoms with Crippen molar-refractivity contribution in [2.45, 2.75) is 18.2 Å². The second kappa shape index (κ2) is 7.76. The molecule has 3 rings (SSSR count). The Kier molecular flexibility index (Phi) is 5.44. The summed E-state index contributed by atoms with van der Waals surface area (Å²) in [7, 11) is -3.74. The van der Waals surface area contributed by atoms with E-state index in [2.05, 4.69) is 28.0 Å². The van der Waals surface area contributed by atoms with Crippen molar-refractivity contribution in [3.8, 4) is 0 Å². The summed E-state index contributed by atoms with van der Waals surface area (Å²) in [6.07, 6.45) is 2.50. The van der Waals surface area contributed by atoms with Crippen molar-refractivity contribution >= 4 is 38.8 Å². The van der Waals surface area contributed by atoms with Crippen molar-refractivity contribution in [1.82, 2.24) is 4.98 Å². The van der Waals surface area contributed by atoms with Crippen LogP contribution in [0.25, 0.3) is 0 Å². The lowest BCUT2D eigenvalue weighted by Gasteiger charge is -2.12. The third-order valence-electron chi connectivity index (χ3n) is 3.79. The average molecular weight is 388 g/mol. The number of aryl methyl sites for hydroxylation is 1. The van der Waals surface area contributed by atoms with Gasteiger partial charge in [-0.1, -0.05) is 42.8 Å². The number of hydrogen-bond acceptors (Lipinski definition) is 4. The summed E-state index contributed by atoms with van der Waals surface area (Å²) in [6, 6.07) is 17.5. The maximum absolute atomic E-state index is 12.4. The number of hydrogen-bond donors (Lipinski definition) is 2. The second-order valence-electron chi connectivity index (χ2n) is 5.63. The number of pyridine rings is 1. The first-order valence-electron chi connectivity index (χ1n) is 8.07. The van der Waals surface area contributed by atoms with Crippen LogP contribution in [-0.2, 0) is 16.4 Å². The van der Waals surface area contributed by atoms with E-state index in [1.165, 1.54) is 17.7 Å². The van der Waals surface area contributed by atoms with Crippen molar-refractivity contribution in [3.63, 3.8) is 0 Å². The van der Waals surface area contributed by atoms with Crippen LogP contribution in [0.1, 0.15) is 12.5 Å². The van der Waals surface area contributed by atoms with Gasteiger partial charge in [0.2, 0.25) is 0 Å². The molecule has 0 radical (unpaired) electrons. The van der Waals surface area contributed by atoms with Gasteiger partial charge in [0.05, 0.1) is 16.8 Å². The second-order valence-corrected chi connectivity index (χ2v) is 7.75. The summed E-state index contributed by atoms with van der Waals surface area (Å²) in [5.41, 5.74) is 2.97. The summed E-state index contributed by atoms with van der Waals surface area (Å²) >= 11 is 5.86. The van der Waals surface area contributed by atoms with Crippen molar-refractivity contribution in [2.75, 3.05) is 10.0 Å². The molecule has 0 fully saturated rings. The van der Waals surface area contributed by atoms with Crippen LogP contribution in [0.3, 0.4) is 0 Å². The quantitative estimate of drug-likeness (QED) is 0.634. The Labute approximate surface area is 158 Å². The zero-order chi connectivity index (χ0) is 18.6. The number of benzene rings is 2. The van der Waals surface area contributed by atoms with Crippen LogP contribution in [0, 0.1) is 0 Å². The average Bonchev–Trinajstić information content (AvgIpc) is 2.63. The van der Waals surface area contributed by atoms with Crippen molar-refractivity contribution in [3.05, 3.63) is 77.4 Å². The van der Waals surface area contributed by atoms with E-state index < -0.39 is 10.0 Å². The molecule has 0 aliphatic heterocycles. The largest absolute Gasteiger partial charge is 0.354 e. The third-order valence-corrected chi connectivity index (χ3v) is 5.37. The minimum atomic E-state index is -3.74. The van der Waals surface area contributed by atoms with E-state index in [9.17, 15) is 8.42 Å². The van der Waals surface area contributed by atoms with Gasteiger partial charge in [-0.05, 0) is 48.4 Å². The first kappa shape index (κ1) is 18.2. The van der Waals surface area contributed by atoms with Crippen LogP contribution >= 0.6 is 11.6 Å². The van der Waals surface area contributed by atoms with Gasteiger partial charge < -0.3 is 5.32 Å². The number of anilines is 3. The van der Waals surface area contributed by atoms with Crippen LogP contribution in [-0.4, -0.2) is 13.4 Å². The molecular weight excluding hydrogens is 370 g/mol. The summed E-state index contributed by atoms with van der Waals surface area (Å²) in [6.45, 7) is 2.09. The van der Waals surface area contributed by atoms with Gasteiger partial charge in [0.1, 0.15) is 5.82 Å². The molecule has 2 N–H and O–H groups in total. The van der Waals surface area contributed by atoms with Gasteiger partial charge in [-0.25, -0.2) is 13.4 Å². The Morgan fingerprint density at radius 1 is 1.04 bits per heavy atom. The van der Waals surface area contributed by atoms with Gasteiger partial charge >= 0.3 is 0 Å². The Bertz CT molecular complexity index is 1010. The fraction of sp³-hybridized carbons (Fsp3) is 0.105. The number of aromatic nitrogens is 1. The van der Waals surface area contributed by atoms with Gasteiger partial charge in [0.15, 0.2) is 0 Å². The molecule has 5 nitrogen and oxygen atoms in total. The molecule has 0 aliphatic carbocycles. The number of rotatable bonds is 6. The van der Waals surface area contributed by atoms with Crippen LogP contribution in [0.4, 0.5) is 17.2 Å². The Morgan fingerprint density at radius 3 is 2.54 bits per heavy atom. The molecule has 0 saturated heterocycles. The molecule has 0 bridgehead atoms. The van der Waals surface area contributed by atoms with E-state index in [1.54, 1.807) is 30.5 Å². The van der Waals surface area contributed by atoms with E-state index in [4.69, 9.17) is 11.6 Å². The maximum atomic E-state index is 12.4. The molecular formula is C19H18ClN3O2S. The van der Waals surface area contributed by atoms with Crippen LogP contribution in [0.2, 0.25) is 5.02 Å². The number of para-hydroxylation sites is 1. The van der Waals surface area contributed by atoms with E-state index >= 15 is 0 Å². The molecule has 134 valence electrons. The Hall–Kier alpha value is -2.57. The smallest absolute Gasteiger partial charge is 0.263 e. The molecule has 3 aromatic rings. The van der Waals surface area contributed by atoms with Gasteiger partial charge in [-0.15, -0.1) is 0 Å². The molecule has 0 unspecified atom stereocenters. The highest BCUT2D eigenvalue weighted by atomic mass is 35.5. The molecule has 0 atom stereocenters. The first-order chi connectivity index (χ1) is 12.5. The topological polar surface area (TPSA) is 71.1 Å². The Morgan fingerprint density at radius 2 is 1.85 bits per heavy atom. The molecule has 1 heterocycles. The van der Waals surface area contributed by atoms with Crippen molar-refractivity contribution < 1.29 is 8.42 Å². The minimum absolute atomic E-state index is 0.0888. The lowest BCUT2D eigenvalue weighted by molar-refractivity contribution is 0.601. The Balaban J connectivity index is 1.75. The predicted molar refractivity (Wildman–Crippen MR) is 106 cm³/mol. The van der Waals surface area contributed by atoms with Gasteiger partial charge in [0, 0.05) is 10.7 Å². The molecule has 1 aromatic heterocycles. The lowest BCUT2D eigenvalue weighted by atomic mass is 10.1. The zero-order valence-electron chi connectivity index (χ0n) is 14.1. The number of nitrogens with zero attached hydrogens (tertiary/aromatic N) is 1. The zero-order valence-corrected chi connectivity index (χ0v) is 15.7. The fourth-order valence-corrected chi connectivity index (χ4v) is 3.77. The highest BCUT2D eigenvalue weighted by Gasteiger charge is 2.15. The van der Waals surface area contributed by atoms with Crippen LogP contribution < -0.4 is 10.0 Å². The summed E-state index contributed by atoms with van der Waals surface area (Å²) in [5, 5.41) is 3.65. The van der Waals surface area contributed by atoms with Crippen molar-refractivity contribution in [2.24, 2.45) is 0 Å². The van der Waals surface area contributed by atoms with Gasteiger partial charge in [0.25, 0.3) is 10.0 Å². The minimum Gasteiger partial charge on any atom is -0.354 e. The molecule has 26 heavy (non-hydrogen) atoms. The van der Waals surface area contributed by atoms with Crippen LogP contribution in [0.15, 0.2) is 71.8 Å². The predicted octanol–water partition coefficient (Wildman–Crippen LogP) is 4.84. The van der Waals surface area contributed by atoms with Gasteiger partial charge in [-0.3, -0.25) is 4.72 Å². The lowest BCUT2D eigenvalue weighted by Crippen LogP contribution is -2.13. The molecule has 0 saturated carbocycles. The fourth-order valence-electron chi connectivity index (χ4n) is 2.46. The highest BCUT2D eigenvalue weighted by Crippen LogP contribution is 2.23. The van der Waals surface area contributed by atoms with Crippen LogP contribution in [0.5, 0.6) is 0 Å². The maximum Gasteiger partial charge on any atom is 0.263 e. The van der Waals surface area contributed by atoms with Gasteiger partial charge in [-0.2, -0.15) is 0 Å². The SMILES string of the molecule is CCc1ccccc1Nc1ccc(NS(=O)(=O)c2cccc(Cl)c2)nc1. The third kappa shape index (κ3) is 4.33. The molecule has 0 spiro atoms. The standard InChI is InChI=1S/C19H18ClN3O2S/c1-2-14-6-3-4-9-18(14)22-16-10-11-19(21-13-16)23-26(24,25)17-8-5-7-15(20)12-17/h3-13,22H,2H2,1H3,(H,21,23). The van der Waals surface area contributed by atoms with Crippen molar-refractivity contribution in [1.29, 1.82) is 0 Å². The number of halogens is 1. The van der Waals surface area contributed by atoms with E-state index in [0.717, 1.165) is 17.8 Å². The van der Waals surface area contributed by atoms with E-state index in [1.807, 2.05) is 18.2 Å². The normalized spacial score (nSPS) is 11.2. The molecule has 0 amide bonds. The first-order valence-corrected chi connectivity index (χ1v) is 9.93. The van der Waals surface area contributed by atoms with E-state index in [0.29, 0.717) is 5.02 Å². The molecule has 2 aromatic carbocycles. The van der Waals surface area contributed by atoms with E-state index in [-0.39, 0.29) is 10.7 Å². The monoisotopic (exact) mass is 387 g/mol. The summed E-state index contributed by atoms with van der Waals surface area (Å²) in [4.78, 5) is 4.27.